The second kappa shape index (κ2) is 7.04. The van der Waals surface area contributed by atoms with Gasteiger partial charge in [-0.1, -0.05) is 6.58 Å². The molecule has 2 aliphatic carbocycles. The highest BCUT2D eigenvalue weighted by atomic mass is 32.2. The molecule has 2 bridgehead atoms. The van der Waals surface area contributed by atoms with Gasteiger partial charge in [-0.15, -0.1) is 0 Å². The molecular formula is C22H29N3O3S. The lowest BCUT2D eigenvalue weighted by atomic mass is 9.71. The lowest BCUT2D eigenvalue weighted by Crippen LogP contribution is -2.49. The number of nitrogens with one attached hydrogen (secondary N) is 1. The van der Waals surface area contributed by atoms with Crippen LogP contribution in [0, 0.1) is 17.8 Å². The van der Waals surface area contributed by atoms with E-state index >= 15 is 0 Å². The Bertz CT molecular complexity index is 924. The SMILES string of the molecule is C=C(c1ccc(NC(=O)C2CC2)cc1N1CC2CC(C2)C1)N1CCS(=O)(=O)CC1. The van der Waals surface area contributed by atoms with Crippen molar-refractivity contribution in [1.82, 2.24) is 4.90 Å². The van der Waals surface area contributed by atoms with Crippen LogP contribution in [0.15, 0.2) is 24.8 Å². The summed E-state index contributed by atoms with van der Waals surface area (Å²) in [5, 5.41) is 3.07. The van der Waals surface area contributed by atoms with E-state index in [1.165, 1.54) is 12.8 Å². The second-order valence-electron chi connectivity index (χ2n) is 9.19. The molecule has 6 rings (SSSR count). The molecule has 1 amide bonds. The van der Waals surface area contributed by atoms with Gasteiger partial charge in [-0.3, -0.25) is 4.79 Å². The van der Waals surface area contributed by atoms with Crippen molar-refractivity contribution in [3.8, 4) is 0 Å². The number of nitrogens with zero attached hydrogens (tertiary/aromatic N) is 2. The Morgan fingerprint density at radius 1 is 1.07 bits per heavy atom. The normalized spacial score (nSPS) is 27.9. The zero-order valence-corrected chi connectivity index (χ0v) is 17.6. The van der Waals surface area contributed by atoms with E-state index < -0.39 is 9.84 Å². The quantitative estimate of drug-likeness (QED) is 0.801. The first kappa shape index (κ1) is 19.0. The molecule has 0 spiro atoms. The van der Waals surface area contributed by atoms with Crippen LogP contribution in [-0.2, 0) is 14.6 Å². The van der Waals surface area contributed by atoms with Crippen LogP contribution in [-0.4, -0.2) is 56.9 Å². The molecule has 156 valence electrons. The number of sulfone groups is 1. The van der Waals surface area contributed by atoms with Crippen LogP contribution in [0.2, 0.25) is 0 Å². The molecule has 5 fully saturated rings. The third-order valence-corrected chi connectivity index (χ3v) is 8.49. The lowest BCUT2D eigenvalue weighted by Gasteiger charge is -2.49. The number of piperidine rings is 2. The van der Waals surface area contributed by atoms with E-state index in [1.807, 2.05) is 12.1 Å². The highest BCUT2D eigenvalue weighted by Gasteiger charge is 2.38. The van der Waals surface area contributed by atoms with E-state index in [0.717, 1.165) is 60.4 Å². The number of hydrogen-bond acceptors (Lipinski definition) is 5. The maximum Gasteiger partial charge on any atom is 0.227 e. The lowest BCUT2D eigenvalue weighted by molar-refractivity contribution is -0.117. The van der Waals surface area contributed by atoms with Gasteiger partial charge < -0.3 is 15.1 Å². The van der Waals surface area contributed by atoms with Gasteiger partial charge in [-0.2, -0.15) is 0 Å². The largest absolute Gasteiger partial charge is 0.370 e. The predicted octanol–water partition coefficient (Wildman–Crippen LogP) is 2.58. The Morgan fingerprint density at radius 2 is 1.72 bits per heavy atom. The standard InChI is InChI=1S/C22H29N3O3S/c1-15(24-6-8-29(27,28)9-7-24)20-5-4-19(23-22(26)18-2-3-18)12-21(20)25-13-16-10-17(11-16)14-25/h4-5,12,16-18H,1-3,6-11,13-14H2,(H,23,26). The van der Waals surface area contributed by atoms with E-state index in [0.29, 0.717) is 13.1 Å². The number of amides is 1. The number of fused-ring (bicyclic) bond motifs is 2. The average Bonchev–Trinajstić information content (AvgIpc) is 3.52. The number of rotatable bonds is 5. The molecule has 3 saturated heterocycles. The van der Waals surface area contributed by atoms with Crippen molar-refractivity contribution in [1.29, 1.82) is 0 Å². The molecule has 0 aromatic heterocycles. The average molecular weight is 416 g/mol. The fourth-order valence-electron chi connectivity index (χ4n) is 4.92. The molecule has 3 aliphatic heterocycles. The van der Waals surface area contributed by atoms with Gasteiger partial charge >= 0.3 is 0 Å². The predicted molar refractivity (Wildman–Crippen MR) is 115 cm³/mol. The maximum absolute atomic E-state index is 12.2. The zero-order valence-electron chi connectivity index (χ0n) is 16.8. The number of carbonyl (C=O) groups excluding carboxylic acids is 1. The minimum atomic E-state index is -2.93. The first-order valence-electron chi connectivity index (χ1n) is 10.7. The highest BCUT2D eigenvalue weighted by molar-refractivity contribution is 7.91. The summed E-state index contributed by atoms with van der Waals surface area (Å²) in [5.41, 5.74) is 3.89. The van der Waals surface area contributed by atoms with Crippen molar-refractivity contribution in [2.45, 2.75) is 25.7 Å². The van der Waals surface area contributed by atoms with Crippen LogP contribution in [0.1, 0.15) is 31.2 Å². The Morgan fingerprint density at radius 3 is 2.34 bits per heavy atom. The van der Waals surface area contributed by atoms with Gasteiger partial charge in [0.05, 0.1) is 11.5 Å². The van der Waals surface area contributed by atoms with Gasteiger partial charge in [0.1, 0.15) is 0 Å². The van der Waals surface area contributed by atoms with E-state index in [4.69, 9.17) is 0 Å². The molecular weight excluding hydrogens is 386 g/mol. The molecule has 2 saturated carbocycles. The van der Waals surface area contributed by atoms with Crippen LogP contribution < -0.4 is 10.2 Å². The Labute approximate surface area is 172 Å². The number of hydrogen-bond donors (Lipinski definition) is 1. The van der Waals surface area contributed by atoms with Gasteiger partial charge in [0, 0.05) is 54.7 Å². The van der Waals surface area contributed by atoms with Crippen LogP contribution in [0.3, 0.4) is 0 Å². The third kappa shape index (κ3) is 3.89. The monoisotopic (exact) mass is 415 g/mol. The van der Waals surface area contributed by atoms with Crippen molar-refractivity contribution in [2.24, 2.45) is 17.8 Å². The summed E-state index contributed by atoms with van der Waals surface area (Å²) < 4.78 is 23.6. The minimum absolute atomic E-state index is 0.116. The Kier molecular flexibility index (Phi) is 4.61. The first-order chi connectivity index (χ1) is 13.9. The fourth-order valence-corrected chi connectivity index (χ4v) is 6.13. The van der Waals surface area contributed by atoms with Crippen molar-refractivity contribution in [3.63, 3.8) is 0 Å². The molecule has 0 atom stereocenters. The molecule has 0 radical (unpaired) electrons. The zero-order chi connectivity index (χ0) is 20.2. The Balaban J connectivity index is 1.41. The van der Waals surface area contributed by atoms with Gasteiger partial charge in [0.2, 0.25) is 5.91 Å². The van der Waals surface area contributed by atoms with Crippen LogP contribution >= 0.6 is 0 Å². The fraction of sp³-hybridized carbons (Fsp3) is 0.591. The van der Waals surface area contributed by atoms with E-state index in [-0.39, 0.29) is 23.3 Å². The summed E-state index contributed by atoms with van der Waals surface area (Å²) in [6.45, 7) is 7.41. The Hall–Kier alpha value is -2.02. The minimum Gasteiger partial charge on any atom is -0.370 e. The smallest absolute Gasteiger partial charge is 0.227 e. The summed E-state index contributed by atoms with van der Waals surface area (Å²) in [5.74, 6) is 2.19. The molecule has 1 aromatic rings. The van der Waals surface area contributed by atoms with Crippen molar-refractivity contribution >= 4 is 32.8 Å². The van der Waals surface area contributed by atoms with Crippen LogP contribution in [0.5, 0.6) is 0 Å². The second-order valence-corrected chi connectivity index (χ2v) is 11.5. The van der Waals surface area contributed by atoms with Crippen molar-refractivity contribution in [3.05, 3.63) is 30.3 Å². The molecule has 1 aromatic carbocycles. The van der Waals surface area contributed by atoms with Crippen LogP contribution in [0.25, 0.3) is 5.70 Å². The van der Waals surface area contributed by atoms with Crippen LogP contribution in [0.4, 0.5) is 11.4 Å². The summed E-state index contributed by atoms with van der Waals surface area (Å²) in [6.07, 6.45) is 4.63. The summed E-state index contributed by atoms with van der Waals surface area (Å²) in [7, 11) is -2.93. The summed E-state index contributed by atoms with van der Waals surface area (Å²) in [6, 6.07) is 6.09. The summed E-state index contributed by atoms with van der Waals surface area (Å²) in [4.78, 5) is 16.8. The molecule has 0 unspecified atom stereocenters. The van der Waals surface area contributed by atoms with Gasteiger partial charge in [0.15, 0.2) is 9.84 Å². The van der Waals surface area contributed by atoms with E-state index in [1.54, 1.807) is 0 Å². The number of carbonyl (C=O) groups is 1. The van der Waals surface area contributed by atoms with Crippen molar-refractivity contribution < 1.29 is 13.2 Å². The van der Waals surface area contributed by atoms with Gasteiger partial charge in [-0.05, 0) is 55.7 Å². The van der Waals surface area contributed by atoms with E-state index in [2.05, 4.69) is 27.8 Å². The summed E-state index contributed by atoms with van der Waals surface area (Å²) >= 11 is 0. The number of anilines is 2. The molecule has 7 heteroatoms. The maximum atomic E-state index is 12.2. The molecule has 29 heavy (non-hydrogen) atoms. The number of benzene rings is 1. The molecule has 3 heterocycles. The van der Waals surface area contributed by atoms with E-state index in [9.17, 15) is 13.2 Å². The highest BCUT2D eigenvalue weighted by Crippen LogP contribution is 2.43. The first-order valence-corrected chi connectivity index (χ1v) is 12.5. The topological polar surface area (TPSA) is 69.7 Å². The van der Waals surface area contributed by atoms with Gasteiger partial charge in [-0.25, -0.2) is 8.42 Å². The molecule has 1 N–H and O–H groups in total. The van der Waals surface area contributed by atoms with Gasteiger partial charge in [0.25, 0.3) is 0 Å². The third-order valence-electron chi connectivity index (χ3n) is 6.88. The molecule has 6 nitrogen and oxygen atoms in total. The van der Waals surface area contributed by atoms with Crippen molar-refractivity contribution in [2.75, 3.05) is 47.9 Å². The molecule has 5 aliphatic rings.